The molecule has 1 heterocycles. The van der Waals surface area contributed by atoms with Crippen LogP contribution in [0.2, 0.25) is 0 Å². The molecule has 0 saturated heterocycles. The predicted octanol–water partition coefficient (Wildman–Crippen LogP) is 3.28. The number of nitrogens with one attached hydrogen (secondary N) is 1. The van der Waals surface area contributed by atoms with Gasteiger partial charge in [-0.05, 0) is 24.7 Å². The summed E-state index contributed by atoms with van der Waals surface area (Å²) >= 11 is 3.26. The quantitative estimate of drug-likeness (QED) is 0.916. The van der Waals surface area contributed by atoms with E-state index in [4.69, 9.17) is 4.74 Å². The third-order valence-corrected chi connectivity index (χ3v) is 2.84. The highest BCUT2D eigenvalue weighted by Crippen LogP contribution is 2.26. The van der Waals surface area contributed by atoms with Crippen LogP contribution in [-0.2, 0) is 6.54 Å². The van der Waals surface area contributed by atoms with E-state index in [1.165, 1.54) is 12.3 Å². The van der Waals surface area contributed by atoms with Crippen molar-refractivity contribution in [2.45, 2.75) is 13.5 Å². The summed E-state index contributed by atoms with van der Waals surface area (Å²) in [6, 6.07) is 4.48. The summed E-state index contributed by atoms with van der Waals surface area (Å²) in [6.45, 7) is 3.53. The van der Waals surface area contributed by atoms with Gasteiger partial charge in [-0.25, -0.2) is 9.37 Å². The lowest BCUT2D eigenvalue weighted by Crippen LogP contribution is -2.13. The predicted molar refractivity (Wildman–Crippen MR) is 73.6 cm³/mol. The van der Waals surface area contributed by atoms with Gasteiger partial charge in [-0.1, -0.05) is 22.9 Å². The molecule has 0 bridgehead atoms. The van der Waals surface area contributed by atoms with Crippen LogP contribution in [0.5, 0.6) is 11.6 Å². The molecule has 19 heavy (non-hydrogen) atoms. The summed E-state index contributed by atoms with van der Waals surface area (Å²) < 4.78 is 19.6. The summed E-state index contributed by atoms with van der Waals surface area (Å²) in [6.07, 6.45) is 3.08. The average molecular weight is 326 g/mol. The Bertz CT molecular complexity index is 548. The monoisotopic (exact) mass is 325 g/mol. The molecule has 0 aliphatic heterocycles. The Balaban J connectivity index is 2.08. The molecule has 0 radical (unpaired) electrons. The molecule has 0 unspecified atom stereocenters. The van der Waals surface area contributed by atoms with Crippen molar-refractivity contribution >= 4 is 15.9 Å². The molecule has 0 fully saturated rings. The molecule has 1 N–H and O–H groups in total. The molecule has 0 amide bonds. The number of hydrogen-bond acceptors (Lipinski definition) is 4. The number of nitrogens with zero attached hydrogens (tertiary/aromatic N) is 2. The molecule has 0 saturated carbocycles. The van der Waals surface area contributed by atoms with Gasteiger partial charge >= 0.3 is 0 Å². The highest BCUT2D eigenvalue weighted by Gasteiger charge is 2.06. The van der Waals surface area contributed by atoms with Crippen LogP contribution in [0.4, 0.5) is 4.39 Å². The van der Waals surface area contributed by atoms with Gasteiger partial charge in [-0.15, -0.1) is 0 Å². The number of halogens is 2. The van der Waals surface area contributed by atoms with Crippen LogP contribution in [0.15, 0.2) is 35.1 Å². The molecule has 100 valence electrons. The van der Waals surface area contributed by atoms with Gasteiger partial charge in [0.2, 0.25) is 5.88 Å². The van der Waals surface area contributed by atoms with E-state index >= 15 is 0 Å². The molecule has 1 aromatic heterocycles. The van der Waals surface area contributed by atoms with Crippen LogP contribution < -0.4 is 10.1 Å². The van der Waals surface area contributed by atoms with Crippen molar-refractivity contribution in [3.8, 4) is 11.6 Å². The van der Waals surface area contributed by atoms with Crippen molar-refractivity contribution in [3.63, 3.8) is 0 Å². The van der Waals surface area contributed by atoms with Crippen molar-refractivity contribution in [2.24, 2.45) is 0 Å². The van der Waals surface area contributed by atoms with Crippen molar-refractivity contribution in [2.75, 3.05) is 6.54 Å². The van der Waals surface area contributed by atoms with E-state index in [2.05, 4.69) is 31.2 Å². The topological polar surface area (TPSA) is 47.0 Å². The molecule has 2 aromatic rings. The molecular formula is C13H13BrFN3O. The molecule has 0 atom stereocenters. The second-order valence-electron chi connectivity index (χ2n) is 3.80. The van der Waals surface area contributed by atoms with Gasteiger partial charge in [0.05, 0.1) is 18.1 Å². The second kappa shape index (κ2) is 6.58. The Hall–Kier alpha value is -1.53. The Morgan fingerprint density at radius 3 is 2.84 bits per heavy atom. The third kappa shape index (κ3) is 3.97. The Labute approximate surface area is 119 Å². The number of ether oxygens (including phenoxy) is 1. The minimum absolute atomic E-state index is 0.114. The lowest BCUT2D eigenvalue weighted by Gasteiger charge is -2.06. The summed E-state index contributed by atoms with van der Waals surface area (Å²) in [5.41, 5.74) is 0.809. The van der Waals surface area contributed by atoms with E-state index in [1.807, 2.05) is 6.92 Å². The van der Waals surface area contributed by atoms with Gasteiger partial charge in [-0.2, -0.15) is 0 Å². The molecule has 2 rings (SSSR count). The second-order valence-corrected chi connectivity index (χ2v) is 4.72. The Morgan fingerprint density at radius 2 is 2.16 bits per heavy atom. The molecule has 0 aliphatic rings. The fourth-order valence-electron chi connectivity index (χ4n) is 1.41. The SMILES string of the molecule is CCNCc1cnc(Oc2cc(Br)ccc2F)cn1. The zero-order valence-corrected chi connectivity index (χ0v) is 11.9. The number of hydrogen-bond donors (Lipinski definition) is 1. The molecule has 0 spiro atoms. The minimum atomic E-state index is -0.443. The van der Waals surface area contributed by atoms with E-state index in [0.717, 1.165) is 16.7 Å². The standard InChI is InChI=1S/C13H13BrFN3O/c1-2-16-6-10-7-18-13(8-17-10)19-12-5-9(14)3-4-11(12)15/h3-5,7-8,16H,2,6H2,1H3. The van der Waals surface area contributed by atoms with E-state index in [-0.39, 0.29) is 11.6 Å². The lowest BCUT2D eigenvalue weighted by molar-refractivity contribution is 0.424. The first-order chi connectivity index (χ1) is 9.19. The summed E-state index contributed by atoms with van der Waals surface area (Å²) in [7, 11) is 0. The van der Waals surface area contributed by atoms with E-state index in [9.17, 15) is 4.39 Å². The van der Waals surface area contributed by atoms with E-state index in [0.29, 0.717) is 6.54 Å². The van der Waals surface area contributed by atoms with Crippen LogP contribution in [0.25, 0.3) is 0 Å². The fourth-order valence-corrected chi connectivity index (χ4v) is 1.75. The van der Waals surface area contributed by atoms with Gasteiger partial charge in [0.15, 0.2) is 11.6 Å². The van der Waals surface area contributed by atoms with Crippen LogP contribution in [0.1, 0.15) is 12.6 Å². The van der Waals surface area contributed by atoms with Crippen LogP contribution >= 0.6 is 15.9 Å². The molecule has 1 aromatic carbocycles. The smallest absolute Gasteiger partial charge is 0.237 e. The highest BCUT2D eigenvalue weighted by atomic mass is 79.9. The van der Waals surface area contributed by atoms with Crippen LogP contribution in [0, 0.1) is 5.82 Å². The third-order valence-electron chi connectivity index (χ3n) is 2.35. The van der Waals surface area contributed by atoms with Crippen LogP contribution in [-0.4, -0.2) is 16.5 Å². The number of benzene rings is 1. The van der Waals surface area contributed by atoms with Crippen molar-refractivity contribution in [1.29, 1.82) is 0 Å². The number of aromatic nitrogens is 2. The summed E-state index contributed by atoms with van der Waals surface area (Å²) in [5.74, 6) is -0.0675. The van der Waals surface area contributed by atoms with Gasteiger partial charge in [0.1, 0.15) is 0 Å². The molecule has 0 aliphatic carbocycles. The molecule has 6 heteroatoms. The van der Waals surface area contributed by atoms with Crippen LogP contribution in [0.3, 0.4) is 0 Å². The molecule has 4 nitrogen and oxygen atoms in total. The Morgan fingerprint density at radius 1 is 1.32 bits per heavy atom. The maximum Gasteiger partial charge on any atom is 0.237 e. The number of rotatable bonds is 5. The van der Waals surface area contributed by atoms with E-state index < -0.39 is 5.82 Å². The van der Waals surface area contributed by atoms with Crippen molar-refractivity contribution in [1.82, 2.24) is 15.3 Å². The van der Waals surface area contributed by atoms with Gasteiger partial charge in [-0.3, -0.25) is 4.98 Å². The Kier molecular flexibility index (Phi) is 4.81. The first-order valence-corrected chi connectivity index (χ1v) is 6.63. The summed E-state index contributed by atoms with van der Waals surface area (Å²) in [5, 5.41) is 3.14. The highest BCUT2D eigenvalue weighted by molar-refractivity contribution is 9.10. The summed E-state index contributed by atoms with van der Waals surface area (Å²) in [4.78, 5) is 8.27. The first-order valence-electron chi connectivity index (χ1n) is 5.83. The molecular weight excluding hydrogens is 313 g/mol. The van der Waals surface area contributed by atoms with Gasteiger partial charge < -0.3 is 10.1 Å². The van der Waals surface area contributed by atoms with Gasteiger partial charge in [0.25, 0.3) is 0 Å². The largest absolute Gasteiger partial charge is 0.434 e. The fraction of sp³-hybridized carbons (Fsp3) is 0.231. The normalized spacial score (nSPS) is 10.5. The van der Waals surface area contributed by atoms with E-state index in [1.54, 1.807) is 18.3 Å². The zero-order chi connectivity index (χ0) is 13.7. The maximum atomic E-state index is 13.5. The van der Waals surface area contributed by atoms with Gasteiger partial charge in [0, 0.05) is 11.0 Å². The average Bonchev–Trinajstić information content (AvgIpc) is 2.42. The lowest BCUT2D eigenvalue weighted by atomic mass is 10.3. The zero-order valence-electron chi connectivity index (χ0n) is 10.4. The van der Waals surface area contributed by atoms with Crippen molar-refractivity contribution < 1.29 is 9.13 Å². The maximum absolute atomic E-state index is 13.5. The van der Waals surface area contributed by atoms with Crippen molar-refractivity contribution in [3.05, 3.63) is 46.6 Å². The minimum Gasteiger partial charge on any atom is -0.434 e. The first kappa shape index (κ1) is 13.9.